The van der Waals surface area contributed by atoms with Crippen LogP contribution in [-0.4, -0.2) is 55.2 Å². The quantitative estimate of drug-likeness (QED) is 0.414. The molecule has 2 aromatic carbocycles. The average Bonchev–Trinajstić information content (AvgIpc) is 2.83. The first-order chi connectivity index (χ1) is 16.1. The van der Waals surface area contributed by atoms with Crippen molar-refractivity contribution in [1.29, 1.82) is 0 Å². The van der Waals surface area contributed by atoms with Gasteiger partial charge >= 0.3 is 6.01 Å². The van der Waals surface area contributed by atoms with E-state index in [9.17, 15) is 16.8 Å². The van der Waals surface area contributed by atoms with Crippen LogP contribution in [0.5, 0.6) is 23.4 Å². The Balaban J connectivity index is 1.80. The van der Waals surface area contributed by atoms with Gasteiger partial charge in [0.1, 0.15) is 0 Å². The molecule has 0 saturated heterocycles. The van der Waals surface area contributed by atoms with E-state index in [0.717, 1.165) is 0 Å². The van der Waals surface area contributed by atoms with Crippen LogP contribution in [0.4, 0.5) is 11.5 Å². The van der Waals surface area contributed by atoms with E-state index in [0.29, 0.717) is 5.75 Å². The topological polar surface area (TPSA) is 155 Å². The Labute approximate surface area is 197 Å². The number of sulfonamides is 2. The molecule has 182 valence electrons. The van der Waals surface area contributed by atoms with Crippen LogP contribution in [-0.2, 0) is 20.0 Å². The number of nitrogens with one attached hydrogen (secondary N) is 2. The highest BCUT2D eigenvalue weighted by Crippen LogP contribution is 2.30. The van der Waals surface area contributed by atoms with Gasteiger partial charge in [-0.15, -0.1) is 0 Å². The zero-order valence-electron chi connectivity index (χ0n) is 18.6. The molecule has 0 aliphatic heterocycles. The Hall–Kier alpha value is -3.78. The van der Waals surface area contributed by atoms with Crippen LogP contribution in [0.15, 0.2) is 58.3 Å². The minimum atomic E-state index is -4.05. The Morgan fingerprint density at radius 2 is 1.26 bits per heavy atom. The molecule has 34 heavy (non-hydrogen) atoms. The van der Waals surface area contributed by atoms with Crippen molar-refractivity contribution in [1.82, 2.24) is 9.97 Å². The molecular formula is C20H22N4O8S2. The molecule has 0 atom stereocenters. The Morgan fingerprint density at radius 1 is 0.647 bits per heavy atom. The van der Waals surface area contributed by atoms with E-state index >= 15 is 0 Å². The van der Waals surface area contributed by atoms with Crippen molar-refractivity contribution in [3.63, 3.8) is 0 Å². The highest BCUT2D eigenvalue weighted by Gasteiger charge is 2.20. The largest absolute Gasteiger partial charge is 0.493 e. The number of hydrogen-bond acceptors (Lipinski definition) is 10. The molecule has 3 rings (SSSR count). The molecular weight excluding hydrogens is 488 g/mol. The van der Waals surface area contributed by atoms with Crippen LogP contribution in [0.2, 0.25) is 0 Å². The summed E-state index contributed by atoms with van der Waals surface area (Å²) in [7, 11) is -2.51. The van der Waals surface area contributed by atoms with E-state index in [-0.39, 0.29) is 38.9 Å². The summed E-state index contributed by atoms with van der Waals surface area (Å²) in [5.74, 6) is 0.657. The molecule has 1 heterocycles. The van der Waals surface area contributed by atoms with Crippen LogP contribution in [0, 0.1) is 0 Å². The van der Waals surface area contributed by atoms with Gasteiger partial charge in [0.25, 0.3) is 20.0 Å². The molecule has 0 bridgehead atoms. The maximum Gasteiger partial charge on any atom is 0.321 e. The second-order valence-corrected chi connectivity index (χ2v) is 9.90. The molecule has 0 amide bonds. The number of methoxy groups -OCH3 is 4. The summed E-state index contributed by atoms with van der Waals surface area (Å²) in [6.07, 6.45) is 0. The SMILES string of the molecule is COc1cc(NS(=O)(=O)c2ccc(NS(=O)(=O)c3ccc(OC)c(OC)c3)cc2)nc(OC)n1. The zero-order chi connectivity index (χ0) is 24.9. The van der Waals surface area contributed by atoms with Crippen molar-refractivity contribution < 1.29 is 35.8 Å². The monoisotopic (exact) mass is 510 g/mol. The fourth-order valence-corrected chi connectivity index (χ4v) is 4.81. The van der Waals surface area contributed by atoms with E-state index in [1.807, 2.05) is 0 Å². The van der Waals surface area contributed by atoms with Gasteiger partial charge in [0, 0.05) is 17.8 Å². The normalized spacial score (nSPS) is 11.4. The molecule has 0 aliphatic rings. The van der Waals surface area contributed by atoms with E-state index in [4.69, 9.17) is 18.9 Å². The molecule has 14 heteroatoms. The van der Waals surface area contributed by atoms with Crippen molar-refractivity contribution in [2.75, 3.05) is 37.9 Å². The highest BCUT2D eigenvalue weighted by atomic mass is 32.2. The second-order valence-electron chi connectivity index (χ2n) is 6.53. The third kappa shape index (κ3) is 5.58. The van der Waals surface area contributed by atoms with E-state index in [2.05, 4.69) is 19.4 Å². The number of benzene rings is 2. The lowest BCUT2D eigenvalue weighted by atomic mass is 10.3. The molecule has 0 spiro atoms. The summed E-state index contributed by atoms with van der Waals surface area (Å²) >= 11 is 0. The summed E-state index contributed by atoms with van der Waals surface area (Å²) in [5.41, 5.74) is 0.152. The van der Waals surface area contributed by atoms with Gasteiger partial charge in [-0.25, -0.2) is 16.8 Å². The molecule has 0 fully saturated rings. The molecule has 0 aliphatic carbocycles. The summed E-state index contributed by atoms with van der Waals surface area (Å²) in [6, 6.07) is 10.4. The maximum absolute atomic E-state index is 12.7. The fraction of sp³-hybridized carbons (Fsp3) is 0.200. The summed E-state index contributed by atoms with van der Waals surface area (Å²) in [5, 5.41) is 0. The van der Waals surface area contributed by atoms with Gasteiger partial charge in [-0.3, -0.25) is 9.44 Å². The number of rotatable bonds is 10. The van der Waals surface area contributed by atoms with E-state index < -0.39 is 20.0 Å². The number of nitrogens with zero attached hydrogens (tertiary/aromatic N) is 2. The summed E-state index contributed by atoms with van der Waals surface area (Å²) in [6.45, 7) is 0. The van der Waals surface area contributed by atoms with Gasteiger partial charge in [0.2, 0.25) is 5.88 Å². The third-order valence-corrected chi connectivity index (χ3v) is 7.14. The fourth-order valence-electron chi connectivity index (χ4n) is 2.75. The Kier molecular flexibility index (Phi) is 7.32. The van der Waals surface area contributed by atoms with Gasteiger partial charge in [-0.05, 0) is 36.4 Å². The second kappa shape index (κ2) is 10.0. The van der Waals surface area contributed by atoms with Gasteiger partial charge in [0.15, 0.2) is 17.3 Å². The van der Waals surface area contributed by atoms with Crippen molar-refractivity contribution in [3.8, 4) is 23.4 Å². The maximum atomic E-state index is 12.7. The zero-order valence-corrected chi connectivity index (χ0v) is 20.2. The molecule has 12 nitrogen and oxygen atoms in total. The lowest BCUT2D eigenvalue weighted by molar-refractivity contribution is 0.353. The lowest BCUT2D eigenvalue weighted by Gasteiger charge is -2.12. The molecule has 0 unspecified atom stereocenters. The number of ether oxygens (including phenoxy) is 4. The molecule has 1 aromatic heterocycles. The van der Waals surface area contributed by atoms with Crippen LogP contribution in [0.3, 0.4) is 0 Å². The number of aromatic nitrogens is 2. The van der Waals surface area contributed by atoms with Gasteiger partial charge < -0.3 is 18.9 Å². The van der Waals surface area contributed by atoms with Gasteiger partial charge in [0.05, 0.1) is 38.2 Å². The van der Waals surface area contributed by atoms with Crippen LogP contribution in [0.25, 0.3) is 0 Å². The van der Waals surface area contributed by atoms with Gasteiger partial charge in [-0.2, -0.15) is 9.97 Å². The van der Waals surface area contributed by atoms with Crippen molar-refractivity contribution in [3.05, 3.63) is 48.5 Å². The molecule has 2 N–H and O–H groups in total. The molecule has 0 saturated carbocycles. The van der Waals surface area contributed by atoms with Gasteiger partial charge in [-0.1, -0.05) is 0 Å². The molecule has 0 radical (unpaired) electrons. The van der Waals surface area contributed by atoms with Crippen LogP contribution >= 0.6 is 0 Å². The number of hydrogen-bond donors (Lipinski definition) is 2. The minimum absolute atomic E-state index is 0.0600. The summed E-state index contributed by atoms with van der Waals surface area (Å²) in [4.78, 5) is 7.63. The third-order valence-electron chi connectivity index (χ3n) is 4.39. The average molecular weight is 511 g/mol. The standard InChI is InChI=1S/C20H22N4O8S2/c1-29-16-10-9-15(11-17(16)30-2)34(27,28)23-13-5-7-14(8-6-13)33(25,26)24-18-12-19(31-3)22-20(21-18)32-4/h5-12,23H,1-4H3,(H,21,22,24). The Morgan fingerprint density at radius 3 is 1.85 bits per heavy atom. The first-order valence-corrected chi connectivity index (χ1v) is 12.4. The molecule has 3 aromatic rings. The van der Waals surface area contributed by atoms with Crippen LogP contribution < -0.4 is 28.4 Å². The Bertz CT molecular complexity index is 1360. The highest BCUT2D eigenvalue weighted by molar-refractivity contribution is 7.93. The van der Waals surface area contributed by atoms with E-state index in [1.165, 1.54) is 77.0 Å². The van der Waals surface area contributed by atoms with Crippen molar-refractivity contribution in [2.45, 2.75) is 9.79 Å². The predicted molar refractivity (Wildman–Crippen MR) is 123 cm³/mol. The smallest absolute Gasteiger partial charge is 0.321 e. The minimum Gasteiger partial charge on any atom is -0.493 e. The predicted octanol–water partition coefficient (Wildman–Crippen LogP) is 2.11. The van der Waals surface area contributed by atoms with E-state index in [1.54, 1.807) is 0 Å². The number of anilines is 2. The van der Waals surface area contributed by atoms with Crippen molar-refractivity contribution >= 4 is 31.6 Å². The summed E-state index contributed by atoms with van der Waals surface area (Å²) < 4.78 is 75.8. The van der Waals surface area contributed by atoms with Crippen LogP contribution in [0.1, 0.15) is 0 Å². The lowest BCUT2D eigenvalue weighted by Crippen LogP contribution is -2.15. The first-order valence-electron chi connectivity index (χ1n) is 9.46. The van der Waals surface area contributed by atoms with Crippen molar-refractivity contribution in [2.24, 2.45) is 0 Å². The first kappa shape index (κ1) is 24.9.